The maximum Gasteiger partial charge on any atom is 0.151 e. The summed E-state index contributed by atoms with van der Waals surface area (Å²) in [5.74, 6) is 0. The summed E-state index contributed by atoms with van der Waals surface area (Å²) in [5, 5.41) is 37.3. The molecule has 1 atom stereocenters. The molecule has 0 aliphatic carbocycles. The second-order valence-electron chi connectivity index (χ2n) is 6.69. The highest BCUT2D eigenvalue weighted by atomic mass is 16.5. The first-order valence-corrected chi connectivity index (χ1v) is 9.23. The minimum atomic E-state index is -1.18. The predicted molar refractivity (Wildman–Crippen MR) is 90.6 cm³/mol. The first-order chi connectivity index (χ1) is 10.5. The fraction of sp³-hybridized carbons (Fsp3) is 1.00. The van der Waals surface area contributed by atoms with Gasteiger partial charge in [0.25, 0.3) is 0 Å². The summed E-state index contributed by atoms with van der Waals surface area (Å²) in [5.41, 5.74) is -0.897. The van der Waals surface area contributed by atoms with Gasteiger partial charge in [-0.1, -0.05) is 71.1 Å². The van der Waals surface area contributed by atoms with Crippen molar-refractivity contribution < 1.29 is 20.4 Å². The van der Waals surface area contributed by atoms with Crippen LogP contribution in [0.2, 0.25) is 0 Å². The van der Waals surface area contributed by atoms with Crippen molar-refractivity contribution in [3.8, 4) is 0 Å². The molecule has 0 amide bonds. The van der Waals surface area contributed by atoms with Crippen molar-refractivity contribution in [2.24, 2.45) is 0 Å². The topological polar surface area (TPSA) is 80.9 Å². The number of aliphatic hydroxyl groups is 4. The fourth-order valence-electron chi connectivity index (χ4n) is 2.83. The zero-order valence-electron chi connectivity index (χ0n) is 14.5. The Morgan fingerprint density at radius 1 is 0.727 bits per heavy atom. The van der Waals surface area contributed by atoms with Crippen LogP contribution >= 0.6 is 0 Å². The Labute approximate surface area is 136 Å². The van der Waals surface area contributed by atoms with Crippen LogP contribution < -0.4 is 0 Å². The normalized spacial score (nSPS) is 14.5. The molecule has 4 nitrogen and oxygen atoms in total. The van der Waals surface area contributed by atoms with E-state index in [4.69, 9.17) is 10.2 Å². The van der Waals surface area contributed by atoms with E-state index in [1.165, 1.54) is 25.7 Å². The molecule has 0 aromatic heterocycles. The molecule has 0 saturated heterocycles. The van der Waals surface area contributed by atoms with E-state index in [2.05, 4.69) is 6.92 Å². The van der Waals surface area contributed by atoms with Gasteiger partial charge in [0.15, 0.2) is 6.29 Å². The minimum Gasteiger partial charge on any atom is -0.393 e. The van der Waals surface area contributed by atoms with E-state index in [0.29, 0.717) is 19.3 Å². The van der Waals surface area contributed by atoms with Crippen molar-refractivity contribution in [2.45, 2.75) is 109 Å². The summed E-state index contributed by atoms with van der Waals surface area (Å²) in [6.07, 6.45) is 12.6. The molecular formula is C18H38O4. The van der Waals surface area contributed by atoms with Crippen molar-refractivity contribution in [3.05, 3.63) is 0 Å². The molecule has 4 heteroatoms. The SMILES string of the molecule is CCCCCCCCC(O)(CO)CCCCCCCC(O)O. The molecule has 0 saturated carbocycles. The van der Waals surface area contributed by atoms with Crippen LogP contribution in [0.3, 0.4) is 0 Å². The number of hydrogen-bond acceptors (Lipinski definition) is 4. The molecule has 4 N–H and O–H groups in total. The van der Waals surface area contributed by atoms with Gasteiger partial charge in [-0.3, -0.25) is 0 Å². The first-order valence-electron chi connectivity index (χ1n) is 9.23. The van der Waals surface area contributed by atoms with Crippen LogP contribution in [-0.4, -0.2) is 38.9 Å². The minimum absolute atomic E-state index is 0.140. The van der Waals surface area contributed by atoms with E-state index in [1.54, 1.807) is 0 Å². The van der Waals surface area contributed by atoms with Gasteiger partial charge in [0.2, 0.25) is 0 Å². The Kier molecular flexibility index (Phi) is 14.3. The molecule has 0 spiro atoms. The lowest BCUT2D eigenvalue weighted by atomic mass is 9.90. The molecule has 0 aliphatic rings. The van der Waals surface area contributed by atoms with Crippen LogP contribution in [0.1, 0.15) is 96.8 Å². The average molecular weight is 318 g/mol. The van der Waals surface area contributed by atoms with Crippen molar-refractivity contribution in [1.82, 2.24) is 0 Å². The Bertz CT molecular complexity index is 233. The van der Waals surface area contributed by atoms with E-state index >= 15 is 0 Å². The molecule has 0 rings (SSSR count). The van der Waals surface area contributed by atoms with E-state index in [0.717, 1.165) is 44.9 Å². The van der Waals surface area contributed by atoms with Gasteiger partial charge in [-0.2, -0.15) is 0 Å². The summed E-state index contributed by atoms with van der Waals surface area (Å²) in [4.78, 5) is 0. The van der Waals surface area contributed by atoms with Gasteiger partial charge < -0.3 is 20.4 Å². The van der Waals surface area contributed by atoms with Gasteiger partial charge >= 0.3 is 0 Å². The maximum absolute atomic E-state index is 10.4. The van der Waals surface area contributed by atoms with Gasteiger partial charge in [0.1, 0.15) is 0 Å². The van der Waals surface area contributed by atoms with Crippen LogP contribution in [0.15, 0.2) is 0 Å². The third kappa shape index (κ3) is 13.5. The van der Waals surface area contributed by atoms with Crippen molar-refractivity contribution >= 4 is 0 Å². The van der Waals surface area contributed by atoms with Gasteiger partial charge in [-0.15, -0.1) is 0 Å². The predicted octanol–water partition coefficient (Wildman–Crippen LogP) is 3.50. The van der Waals surface area contributed by atoms with E-state index in [1.807, 2.05) is 0 Å². The number of unbranched alkanes of at least 4 members (excludes halogenated alkanes) is 9. The molecule has 0 aromatic carbocycles. The highest BCUT2D eigenvalue weighted by Gasteiger charge is 2.24. The van der Waals surface area contributed by atoms with Crippen molar-refractivity contribution in [1.29, 1.82) is 0 Å². The van der Waals surface area contributed by atoms with Gasteiger partial charge in [-0.25, -0.2) is 0 Å². The van der Waals surface area contributed by atoms with Crippen LogP contribution in [0.5, 0.6) is 0 Å². The quantitative estimate of drug-likeness (QED) is 0.259. The van der Waals surface area contributed by atoms with Gasteiger partial charge in [0, 0.05) is 0 Å². The van der Waals surface area contributed by atoms with Gasteiger partial charge in [0.05, 0.1) is 12.2 Å². The lowest BCUT2D eigenvalue weighted by molar-refractivity contribution is -0.0466. The summed E-state index contributed by atoms with van der Waals surface area (Å²) < 4.78 is 0. The molecule has 0 bridgehead atoms. The molecule has 0 aromatic rings. The lowest BCUT2D eigenvalue weighted by Crippen LogP contribution is -2.33. The second-order valence-corrected chi connectivity index (χ2v) is 6.69. The van der Waals surface area contributed by atoms with E-state index in [9.17, 15) is 10.2 Å². The monoisotopic (exact) mass is 318 g/mol. The average Bonchev–Trinajstić information content (AvgIpc) is 2.49. The third-order valence-electron chi connectivity index (χ3n) is 4.39. The zero-order valence-corrected chi connectivity index (χ0v) is 14.5. The van der Waals surface area contributed by atoms with E-state index < -0.39 is 11.9 Å². The molecule has 0 fully saturated rings. The van der Waals surface area contributed by atoms with Gasteiger partial charge in [-0.05, 0) is 25.7 Å². The third-order valence-corrected chi connectivity index (χ3v) is 4.39. The Morgan fingerprint density at radius 3 is 1.64 bits per heavy atom. The fourth-order valence-corrected chi connectivity index (χ4v) is 2.83. The Hall–Kier alpha value is -0.160. The first kappa shape index (κ1) is 21.8. The van der Waals surface area contributed by atoms with Crippen molar-refractivity contribution in [3.63, 3.8) is 0 Å². The lowest BCUT2D eigenvalue weighted by Gasteiger charge is -2.26. The molecule has 0 aliphatic heterocycles. The smallest absolute Gasteiger partial charge is 0.151 e. The Balaban J connectivity index is 3.57. The molecule has 0 radical (unpaired) electrons. The van der Waals surface area contributed by atoms with Crippen molar-refractivity contribution in [2.75, 3.05) is 6.61 Å². The summed E-state index contributed by atoms with van der Waals surface area (Å²) in [7, 11) is 0. The number of rotatable bonds is 16. The van der Waals surface area contributed by atoms with Crippen LogP contribution in [0, 0.1) is 0 Å². The highest BCUT2D eigenvalue weighted by Crippen LogP contribution is 2.23. The second kappa shape index (κ2) is 14.4. The molecule has 0 heterocycles. The Morgan fingerprint density at radius 2 is 1.18 bits per heavy atom. The summed E-state index contributed by atoms with van der Waals surface area (Å²) >= 11 is 0. The number of aliphatic hydroxyl groups excluding tert-OH is 2. The summed E-state index contributed by atoms with van der Waals surface area (Å²) in [6.45, 7) is 2.06. The molecule has 134 valence electrons. The molecular weight excluding hydrogens is 280 g/mol. The maximum atomic E-state index is 10.4. The van der Waals surface area contributed by atoms with Crippen LogP contribution in [0.4, 0.5) is 0 Å². The highest BCUT2D eigenvalue weighted by molar-refractivity contribution is 4.77. The van der Waals surface area contributed by atoms with Crippen LogP contribution in [0.25, 0.3) is 0 Å². The number of hydrogen-bond donors (Lipinski definition) is 4. The van der Waals surface area contributed by atoms with E-state index in [-0.39, 0.29) is 6.61 Å². The molecule has 1 unspecified atom stereocenters. The molecule has 22 heavy (non-hydrogen) atoms. The largest absolute Gasteiger partial charge is 0.393 e. The standard InChI is InChI=1S/C18H38O4/c1-2-3-4-5-8-11-14-18(22,16-19)15-12-9-6-7-10-13-17(20)21/h17,19-22H,2-16H2,1H3. The van der Waals surface area contributed by atoms with Crippen LogP contribution in [-0.2, 0) is 0 Å². The summed E-state index contributed by atoms with van der Waals surface area (Å²) in [6, 6.07) is 0. The zero-order chi connectivity index (χ0) is 16.7.